The van der Waals surface area contributed by atoms with E-state index in [1.807, 2.05) is 45.9 Å². The van der Waals surface area contributed by atoms with Gasteiger partial charge in [-0.2, -0.15) is 5.10 Å². The van der Waals surface area contributed by atoms with Crippen LogP contribution in [0.4, 0.5) is 0 Å². The standard InChI is InChI=1S/C23H26N2O2/c1-6-16-7-9-17(10-8-16)22(27)25-24-21-20(26)19-15(3)11-14(2)12-18(19)13-23(21,4)5/h7-12H,6,13H2,1-5H3,(H,25,27)/b24-21-. The average molecular weight is 362 g/mol. The summed E-state index contributed by atoms with van der Waals surface area (Å²) in [6.45, 7) is 10.0. The second-order valence-electron chi connectivity index (χ2n) is 7.96. The van der Waals surface area contributed by atoms with Gasteiger partial charge in [-0.3, -0.25) is 9.59 Å². The first kappa shape index (κ1) is 19.0. The molecule has 0 saturated carbocycles. The van der Waals surface area contributed by atoms with E-state index in [1.165, 1.54) is 5.56 Å². The summed E-state index contributed by atoms with van der Waals surface area (Å²) in [5.41, 5.74) is 8.14. The number of carbonyl (C=O) groups is 2. The molecule has 0 spiro atoms. The van der Waals surface area contributed by atoms with Crippen LogP contribution in [0.25, 0.3) is 0 Å². The monoisotopic (exact) mass is 362 g/mol. The van der Waals surface area contributed by atoms with Crippen molar-refractivity contribution < 1.29 is 9.59 Å². The molecule has 0 unspecified atom stereocenters. The molecule has 1 aliphatic rings. The first-order valence-electron chi connectivity index (χ1n) is 9.35. The minimum Gasteiger partial charge on any atom is -0.287 e. The van der Waals surface area contributed by atoms with Crippen LogP contribution in [0.1, 0.15) is 63.7 Å². The Labute approximate surface area is 160 Å². The highest BCUT2D eigenvalue weighted by molar-refractivity contribution is 6.49. The molecule has 1 N–H and O–H groups in total. The van der Waals surface area contributed by atoms with Crippen molar-refractivity contribution in [3.8, 4) is 0 Å². The number of carbonyl (C=O) groups excluding carboxylic acids is 2. The molecule has 0 fully saturated rings. The Hall–Kier alpha value is -2.75. The molecule has 4 heteroatoms. The Bertz CT molecular complexity index is 938. The van der Waals surface area contributed by atoms with E-state index in [1.54, 1.807) is 12.1 Å². The molecule has 0 bridgehead atoms. The van der Waals surface area contributed by atoms with Gasteiger partial charge in [0.2, 0.25) is 5.78 Å². The summed E-state index contributed by atoms with van der Waals surface area (Å²) in [5, 5.41) is 4.27. The van der Waals surface area contributed by atoms with E-state index in [0.29, 0.717) is 11.3 Å². The van der Waals surface area contributed by atoms with Crippen molar-refractivity contribution in [3.05, 3.63) is 69.8 Å². The van der Waals surface area contributed by atoms with Crippen LogP contribution in [-0.2, 0) is 12.8 Å². The van der Waals surface area contributed by atoms with Gasteiger partial charge in [-0.1, -0.05) is 50.6 Å². The lowest BCUT2D eigenvalue weighted by Crippen LogP contribution is -2.41. The number of hydrogen-bond acceptors (Lipinski definition) is 3. The first-order chi connectivity index (χ1) is 12.7. The van der Waals surface area contributed by atoms with Gasteiger partial charge in [0.15, 0.2) is 0 Å². The fourth-order valence-electron chi connectivity index (χ4n) is 3.77. The van der Waals surface area contributed by atoms with Crippen LogP contribution in [-0.4, -0.2) is 17.4 Å². The van der Waals surface area contributed by atoms with E-state index in [9.17, 15) is 9.59 Å². The maximum absolute atomic E-state index is 13.1. The summed E-state index contributed by atoms with van der Waals surface area (Å²) in [6, 6.07) is 11.5. The van der Waals surface area contributed by atoms with E-state index in [0.717, 1.165) is 35.1 Å². The molecule has 1 amide bonds. The van der Waals surface area contributed by atoms with Gasteiger partial charge in [0.25, 0.3) is 5.91 Å². The summed E-state index contributed by atoms with van der Waals surface area (Å²) in [7, 11) is 0. The van der Waals surface area contributed by atoms with Crippen LogP contribution >= 0.6 is 0 Å². The highest BCUT2D eigenvalue weighted by Crippen LogP contribution is 2.35. The molecule has 0 saturated heterocycles. The van der Waals surface area contributed by atoms with E-state index in [4.69, 9.17) is 0 Å². The van der Waals surface area contributed by atoms with Crippen LogP contribution in [0.15, 0.2) is 41.5 Å². The minimum atomic E-state index is -0.441. The van der Waals surface area contributed by atoms with E-state index in [2.05, 4.69) is 23.5 Å². The summed E-state index contributed by atoms with van der Waals surface area (Å²) in [6.07, 6.45) is 1.64. The summed E-state index contributed by atoms with van der Waals surface area (Å²) >= 11 is 0. The van der Waals surface area contributed by atoms with Crippen molar-refractivity contribution in [2.45, 2.75) is 47.5 Å². The number of Topliss-reactive ketones (excluding diaryl/α,β-unsaturated/α-hetero) is 1. The molecule has 0 aliphatic heterocycles. The fraction of sp³-hybridized carbons (Fsp3) is 0.348. The number of hydrazone groups is 1. The van der Waals surface area contributed by atoms with Crippen LogP contribution in [0.5, 0.6) is 0 Å². The van der Waals surface area contributed by atoms with E-state index in [-0.39, 0.29) is 11.7 Å². The molecular weight excluding hydrogens is 336 g/mol. The summed E-state index contributed by atoms with van der Waals surface area (Å²) < 4.78 is 0. The van der Waals surface area contributed by atoms with Gasteiger partial charge >= 0.3 is 0 Å². The molecule has 0 atom stereocenters. The van der Waals surface area contributed by atoms with Gasteiger partial charge in [0.1, 0.15) is 5.71 Å². The van der Waals surface area contributed by atoms with Crippen molar-refractivity contribution in [2.24, 2.45) is 10.5 Å². The van der Waals surface area contributed by atoms with Crippen LogP contribution < -0.4 is 5.43 Å². The van der Waals surface area contributed by atoms with Crippen molar-refractivity contribution in [2.75, 3.05) is 0 Å². The maximum Gasteiger partial charge on any atom is 0.271 e. The number of amides is 1. The number of ketones is 1. The molecule has 140 valence electrons. The molecule has 2 aromatic rings. The van der Waals surface area contributed by atoms with E-state index < -0.39 is 5.41 Å². The van der Waals surface area contributed by atoms with Crippen molar-refractivity contribution in [1.82, 2.24) is 5.43 Å². The van der Waals surface area contributed by atoms with E-state index >= 15 is 0 Å². The number of nitrogens with zero attached hydrogens (tertiary/aromatic N) is 1. The lowest BCUT2D eigenvalue weighted by Gasteiger charge is -2.32. The largest absolute Gasteiger partial charge is 0.287 e. The second kappa shape index (κ2) is 7.10. The van der Waals surface area contributed by atoms with Gasteiger partial charge in [-0.25, -0.2) is 5.43 Å². The first-order valence-corrected chi connectivity index (χ1v) is 9.35. The second-order valence-corrected chi connectivity index (χ2v) is 7.96. The Morgan fingerprint density at radius 1 is 1.15 bits per heavy atom. The molecule has 0 heterocycles. The van der Waals surface area contributed by atoms with Gasteiger partial charge in [0.05, 0.1) is 0 Å². The SMILES string of the molecule is CCc1ccc(C(=O)N/N=C2/C(=O)c3c(C)cc(C)cc3CC2(C)C)cc1. The van der Waals surface area contributed by atoms with Crippen molar-refractivity contribution in [3.63, 3.8) is 0 Å². The molecule has 1 aliphatic carbocycles. The Balaban J connectivity index is 1.90. The molecule has 0 radical (unpaired) electrons. The smallest absolute Gasteiger partial charge is 0.271 e. The lowest BCUT2D eigenvalue weighted by molar-refractivity contribution is 0.0954. The fourth-order valence-corrected chi connectivity index (χ4v) is 3.77. The number of rotatable bonds is 3. The number of nitrogens with one attached hydrogen (secondary N) is 1. The molecule has 3 rings (SSSR count). The topological polar surface area (TPSA) is 58.5 Å². The number of hydrogen-bond donors (Lipinski definition) is 1. The zero-order valence-electron chi connectivity index (χ0n) is 16.6. The molecule has 4 nitrogen and oxygen atoms in total. The molecule has 2 aromatic carbocycles. The molecular formula is C23H26N2O2. The average Bonchev–Trinajstić information content (AvgIpc) is 2.59. The highest BCUT2D eigenvalue weighted by Gasteiger charge is 2.39. The van der Waals surface area contributed by atoms with Gasteiger partial charge in [-0.05, 0) is 55.5 Å². The molecule has 27 heavy (non-hydrogen) atoms. The van der Waals surface area contributed by atoms with Crippen LogP contribution in [0, 0.1) is 19.3 Å². The maximum atomic E-state index is 13.1. The number of aryl methyl sites for hydroxylation is 3. The third-order valence-corrected chi connectivity index (χ3v) is 5.17. The quantitative estimate of drug-likeness (QED) is 0.822. The third kappa shape index (κ3) is 3.70. The Morgan fingerprint density at radius 3 is 2.44 bits per heavy atom. The summed E-state index contributed by atoms with van der Waals surface area (Å²) in [5.74, 6) is -0.402. The lowest BCUT2D eigenvalue weighted by atomic mass is 9.71. The van der Waals surface area contributed by atoms with Crippen LogP contribution in [0.2, 0.25) is 0 Å². The van der Waals surface area contributed by atoms with Gasteiger partial charge < -0.3 is 0 Å². The van der Waals surface area contributed by atoms with Crippen molar-refractivity contribution >= 4 is 17.4 Å². The predicted octanol–water partition coefficient (Wildman–Crippen LogP) is 4.42. The van der Waals surface area contributed by atoms with Crippen molar-refractivity contribution in [1.29, 1.82) is 0 Å². The van der Waals surface area contributed by atoms with Crippen LogP contribution in [0.3, 0.4) is 0 Å². The zero-order chi connectivity index (χ0) is 19.8. The minimum absolute atomic E-state index is 0.0969. The number of fused-ring (bicyclic) bond motifs is 1. The summed E-state index contributed by atoms with van der Waals surface area (Å²) in [4.78, 5) is 25.5. The van der Waals surface area contributed by atoms with Gasteiger partial charge in [0, 0.05) is 16.5 Å². The predicted molar refractivity (Wildman–Crippen MR) is 108 cm³/mol. The zero-order valence-corrected chi connectivity index (χ0v) is 16.6. The Kier molecular flexibility index (Phi) is 5.01. The normalized spacial score (nSPS) is 16.9. The van der Waals surface area contributed by atoms with Gasteiger partial charge in [-0.15, -0.1) is 0 Å². The third-order valence-electron chi connectivity index (χ3n) is 5.17. The number of benzene rings is 2. The molecule has 0 aromatic heterocycles. The Morgan fingerprint density at radius 2 is 1.81 bits per heavy atom. The highest BCUT2D eigenvalue weighted by atomic mass is 16.2.